The van der Waals surface area contributed by atoms with Gasteiger partial charge >= 0.3 is 7.12 Å². The van der Waals surface area contributed by atoms with E-state index >= 15 is 0 Å². The number of nitrogens with one attached hydrogen (secondary N) is 1. The van der Waals surface area contributed by atoms with Crippen LogP contribution in [0, 0.1) is 0 Å². The average molecular weight is 216 g/mol. The lowest BCUT2D eigenvalue weighted by molar-refractivity contribution is -0.114. The minimum Gasteiger partial charge on any atom is -0.423 e. The fourth-order valence-electron chi connectivity index (χ4n) is 0.812. The molecule has 14 heavy (non-hydrogen) atoms. The molecule has 3 N–H and O–H groups in total. The summed E-state index contributed by atoms with van der Waals surface area (Å²) in [5.74, 6) is 0.168. The topological polar surface area (TPSA) is 82.5 Å². The molecule has 0 spiro atoms. The zero-order valence-corrected chi connectivity index (χ0v) is 8.28. The molecular formula is C7H10BClN2O3. The number of halogens is 1. The van der Waals surface area contributed by atoms with Crippen LogP contribution in [0.3, 0.4) is 0 Å². The lowest BCUT2D eigenvalue weighted by Crippen LogP contribution is -2.30. The molecule has 7 heteroatoms. The second-order valence-corrected chi connectivity index (χ2v) is 2.53. The molecule has 1 aromatic rings. The van der Waals surface area contributed by atoms with Gasteiger partial charge in [-0.25, -0.2) is 4.98 Å². The quantitative estimate of drug-likeness (QED) is 0.562. The van der Waals surface area contributed by atoms with Crippen LogP contribution in [0.15, 0.2) is 18.3 Å². The summed E-state index contributed by atoms with van der Waals surface area (Å²) in [5, 5.41) is 19.9. The van der Waals surface area contributed by atoms with Gasteiger partial charge in [0.25, 0.3) is 0 Å². The molecule has 0 saturated carbocycles. The second-order valence-electron chi connectivity index (χ2n) is 2.53. The van der Waals surface area contributed by atoms with Crippen LogP contribution in [0.1, 0.15) is 6.92 Å². The van der Waals surface area contributed by atoms with Crippen molar-refractivity contribution in [2.45, 2.75) is 6.92 Å². The van der Waals surface area contributed by atoms with E-state index in [9.17, 15) is 4.79 Å². The highest BCUT2D eigenvalue weighted by Crippen LogP contribution is 1.97. The van der Waals surface area contributed by atoms with Crippen molar-refractivity contribution in [3.8, 4) is 0 Å². The molecule has 76 valence electrons. The van der Waals surface area contributed by atoms with Crippen LogP contribution in [0.25, 0.3) is 0 Å². The highest BCUT2D eigenvalue weighted by Gasteiger charge is 2.10. The zero-order chi connectivity index (χ0) is 9.84. The molecule has 0 saturated heterocycles. The maximum atomic E-state index is 10.6. The summed E-state index contributed by atoms with van der Waals surface area (Å²) in [7, 11) is -1.53. The monoisotopic (exact) mass is 216 g/mol. The first-order valence-electron chi connectivity index (χ1n) is 3.69. The minimum absolute atomic E-state index is 0. The van der Waals surface area contributed by atoms with E-state index in [0.29, 0.717) is 5.82 Å². The number of carbonyl (C=O) groups excluding carboxylic acids is 1. The van der Waals surface area contributed by atoms with Crippen molar-refractivity contribution in [1.82, 2.24) is 4.98 Å². The zero-order valence-electron chi connectivity index (χ0n) is 7.47. The molecule has 0 aromatic carbocycles. The standard InChI is InChI=1S/C7H9BN2O3.ClH/c1-5(11)10-7-3-2-6(4-9-7)8(12)13;/h2-4,12-13H,1H3,(H,9,10,11);1H. The van der Waals surface area contributed by atoms with Crippen LogP contribution < -0.4 is 10.8 Å². The molecule has 0 bridgehead atoms. The van der Waals surface area contributed by atoms with Crippen molar-refractivity contribution in [2.75, 3.05) is 5.32 Å². The van der Waals surface area contributed by atoms with E-state index in [1.54, 1.807) is 0 Å². The predicted molar refractivity (Wildman–Crippen MR) is 55.6 cm³/mol. The first-order valence-corrected chi connectivity index (χ1v) is 3.69. The molecule has 0 aliphatic heterocycles. The van der Waals surface area contributed by atoms with Gasteiger partial charge in [0, 0.05) is 18.6 Å². The van der Waals surface area contributed by atoms with E-state index in [1.807, 2.05) is 0 Å². The summed E-state index contributed by atoms with van der Waals surface area (Å²) in [6, 6.07) is 2.97. The van der Waals surface area contributed by atoms with Gasteiger partial charge in [-0.1, -0.05) is 6.07 Å². The Morgan fingerprint density at radius 2 is 2.14 bits per heavy atom. The molecule has 5 nitrogen and oxygen atoms in total. The summed E-state index contributed by atoms with van der Waals surface area (Å²) in [5.41, 5.74) is 0.286. The van der Waals surface area contributed by atoms with Crippen molar-refractivity contribution in [1.29, 1.82) is 0 Å². The van der Waals surface area contributed by atoms with E-state index in [1.165, 1.54) is 25.3 Å². The van der Waals surface area contributed by atoms with Crippen molar-refractivity contribution in [3.05, 3.63) is 18.3 Å². The van der Waals surface area contributed by atoms with Crippen LogP contribution in [0.5, 0.6) is 0 Å². The highest BCUT2D eigenvalue weighted by molar-refractivity contribution is 6.58. The SMILES string of the molecule is CC(=O)Nc1ccc(B(O)O)cn1.Cl. The number of hydrogen-bond donors (Lipinski definition) is 3. The molecule has 0 atom stereocenters. The van der Waals surface area contributed by atoms with Gasteiger partial charge in [0.2, 0.25) is 5.91 Å². The maximum absolute atomic E-state index is 10.6. The Morgan fingerprint density at radius 1 is 1.50 bits per heavy atom. The molecule has 0 aliphatic rings. The highest BCUT2D eigenvalue weighted by atomic mass is 35.5. The smallest absolute Gasteiger partial charge is 0.423 e. The molecule has 0 radical (unpaired) electrons. The molecule has 0 fully saturated rings. The lowest BCUT2D eigenvalue weighted by atomic mass is 9.82. The van der Waals surface area contributed by atoms with Gasteiger partial charge in [-0.15, -0.1) is 12.4 Å². The van der Waals surface area contributed by atoms with E-state index in [2.05, 4.69) is 10.3 Å². The van der Waals surface area contributed by atoms with Crippen molar-refractivity contribution in [3.63, 3.8) is 0 Å². The molecular weight excluding hydrogens is 206 g/mol. The van der Waals surface area contributed by atoms with Gasteiger partial charge in [0.1, 0.15) is 5.82 Å². The maximum Gasteiger partial charge on any atom is 0.490 e. The summed E-state index contributed by atoms with van der Waals surface area (Å²) >= 11 is 0. The Morgan fingerprint density at radius 3 is 2.50 bits per heavy atom. The largest absolute Gasteiger partial charge is 0.490 e. The average Bonchev–Trinajstić information content (AvgIpc) is 2.04. The number of anilines is 1. The number of rotatable bonds is 2. The van der Waals surface area contributed by atoms with Crippen LogP contribution in [-0.2, 0) is 4.79 Å². The van der Waals surface area contributed by atoms with Crippen LogP contribution >= 0.6 is 12.4 Å². The third-order valence-electron chi connectivity index (χ3n) is 1.39. The van der Waals surface area contributed by atoms with Crippen molar-refractivity contribution >= 4 is 36.7 Å². The van der Waals surface area contributed by atoms with E-state index in [4.69, 9.17) is 10.0 Å². The molecule has 1 rings (SSSR count). The fourth-order valence-corrected chi connectivity index (χ4v) is 0.812. The van der Waals surface area contributed by atoms with Crippen LogP contribution in [0.4, 0.5) is 5.82 Å². The normalized spacial score (nSPS) is 8.79. The van der Waals surface area contributed by atoms with Gasteiger partial charge in [-0.3, -0.25) is 4.79 Å². The summed E-state index contributed by atoms with van der Waals surface area (Å²) in [6.07, 6.45) is 1.29. The third kappa shape index (κ3) is 3.74. The summed E-state index contributed by atoms with van der Waals surface area (Å²) in [6.45, 7) is 1.37. The van der Waals surface area contributed by atoms with Crippen molar-refractivity contribution < 1.29 is 14.8 Å². The molecule has 1 amide bonds. The van der Waals surface area contributed by atoms with Crippen molar-refractivity contribution in [2.24, 2.45) is 0 Å². The molecule has 1 heterocycles. The Labute approximate surface area is 87.7 Å². The van der Waals surface area contributed by atoms with Crippen LogP contribution in [0.2, 0.25) is 0 Å². The Hall–Kier alpha value is -1.11. The first-order chi connectivity index (χ1) is 6.09. The van der Waals surface area contributed by atoms with Gasteiger partial charge in [0.05, 0.1) is 0 Å². The predicted octanol–water partition coefficient (Wildman–Crippen LogP) is -0.858. The number of aromatic nitrogens is 1. The summed E-state index contributed by atoms with van der Waals surface area (Å²) < 4.78 is 0. The first kappa shape index (κ1) is 12.9. The van der Waals surface area contributed by atoms with Crippen LogP contribution in [-0.4, -0.2) is 28.1 Å². The third-order valence-corrected chi connectivity index (χ3v) is 1.39. The number of pyridine rings is 1. The van der Waals surface area contributed by atoms with E-state index in [0.717, 1.165) is 0 Å². The van der Waals surface area contributed by atoms with E-state index < -0.39 is 7.12 Å². The molecule has 1 aromatic heterocycles. The number of carbonyl (C=O) groups is 1. The van der Waals surface area contributed by atoms with E-state index in [-0.39, 0.29) is 23.8 Å². The minimum atomic E-state index is -1.53. The Kier molecular flexibility index (Phi) is 5.15. The summed E-state index contributed by atoms with van der Waals surface area (Å²) in [4.78, 5) is 14.4. The number of amides is 1. The Balaban J connectivity index is 0.00000169. The van der Waals surface area contributed by atoms with Gasteiger partial charge < -0.3 is 15.4 Å². The lowest BCUT2D eigenvalue weighted by Gasteiger charge is -2.01. The number of nitrogens with zero attached hydrogens (tertiary/aromatic N) is 1. The number of hydrogen-bond acceptors (Lipinski definition) is 4. The second kappa shape index (κ2) is 5.59. The van der Waals surface area contributed by atoms with Gasteiger partial charge in [-0.2, -0.15) is 0 Å². The Bertz CT molecular complexity index is 304. The van der Waals surface area contributed by atoms with Gasteiger partial charge in [-0.05, 0) is 6.07 Å². The fraction of sp³-hybridized carbons (Fsp3) is 0.143. The molecule has 0 unspecified atom stereocenters. The van der Waals surface area contributed by atoms with Gasteiger partial charge in [0.15, 0.2) is 0 Å². The molecule has 0 aliphatic carbocycles.